The molecule has 0 saturated carbocycles. The number of anilines is 2. The maximum absolute atomic E-state index is 12.6. The van der Waals surface area contributed by atoms with Crippen LogP contribution in [0.2, 0.25) is 0 Å². The molecule has 2 N–H and O–H groups in total. The third-order valence-electron chi connectivity index (χ3n) is 4.93. The van der Waals surface area contributed by atoms with Gasteiger partial charge >= 0.3 is 0 Å². The van der Waals surface area contributed by atoms with E-state index in [-0.39, 0.29) is 10.8 Å². The fraction of sp³-hybridized carbons (Fsp3) is 0.208. The average Bonchev–Trinajstić information content (AvgIpc) is 2.77. The molecule has 0 saturated heterocycles. The maximum atomic E-state index is 12.6. The van der Waals surface area contributed by atoms with Gasteiger partial charge < -0.3 is 14.8 Å². The van der Waals surface area contributed by atoms with Gasteiger partial charge in [0.25, 0.3) is 15.9 Å². The second-order valence-electron chi connectivity index (χ2n) is 7.35. The van der Waals surface area contributed by atoms with E-state index in [9.17, 15) is 13.2 Å². The first-order valence-electron chi connectivity index (χ1n) is 9.99. The van der Waals surface area contributed by atoms with Crippen molar-refractivity contribution in [3.8, 4) is 11.5 Å². The van der Waals surface area contributed by atoms with Crippen LogP contribution in [0.1, 0.15) is 18.1 Å². The van der Waals surface area contributed by atoms with Crippen LogP contribution in [0.5, 0.6) is 11.5 Å². The Hall–Kier alpha value is -3.52. The van der Waals surface area contributed by atoms with Gasteiger partial charge in [-0.05, 0) is 92.6 Å². The van der Waals surface area contributed by atoms with Crippen molar-refractivity contribution in [2.24, 2.45) is 0 Å². The summed E-state index contributed by atoms with van der Waals surface area (Å²) in [6.45, 7) is 5.64. The van der Waals surface area contributed by atoms with E-state index in [0.717, 1.165) is 11.1 Å². The summed E-state index contributed by atoms with van der Waals surface area (Å²) in [4.78, 5) is 12.5. The number of ether oxygens (including phenoxy) is 2. The first kappa shape index (κ1) is 23.1. The molecular weight excluding hydrogens is 428 g/mol. The van der Waals surface area contributed by atoms with Gasteiger partial charge in [-0.3, -0.25) is 9.52 Å². The van der Waals surface area contributed by atoms with Crippen LogP contribution in [0.4, 0.5) is 11.4 Å². The molecule has 3 aromatic rings. The van der Waals surface area contributed by atoms with Crippen molar-refractivity contribution < 1.29 is 22.7 Å². The molecule has 168 valence electrons. The van der Waals surface area contributed by atoms with Crippen molar-refractivity contribution in [2.45, 2.75) is 31.8 Å². The summed E-state index contributed by atoms with van der Waals surface area (Å²) in [6, 6.07) is 18.1. The molecule has 1 atom stereocenters. The van der Waals surface area contributed by atoms with Crippen LogP contribution in [0.3, 0.4) is 0 Å². The number of nitrogens with one attached hydrogen (secondary N) is 2. The van der Waals surface area contributed by atoms with Crippen LogP contribution in [0, 0.1) is 13.8 Å². The fourth-order valence-corrected chi connectivity index (χ4v) is 3.94. The molecule has 0 spiro atoms. The van der Waals surface area contributed by atoms with Gasteiger partial charge in [0.2, 0.25) is 0 Å². The summed E-state index contributed by atoms with van der Waals surface area (Å²) in [6.07, 6.45) is -0.725. The van der Waals surface area contributed by atoms with Crippen LogP contribution in [0.25, 0.3) is 0 Å². The zero-order valence-corrected chi connectivity index (χ0v) is 19.2. The third-order valence-corrected chi connectivity index (χ3v) is 6.33. The molecule has 0 aliphatic rings. The normalized spacial score (nSPS) is 12.0. The Morgan fingerprint density at radius 2 is 1.44 bits per heavy atom. The number of hydrogen-bond donors (Lipinski definition) is 2. The third kappa shape index (κ3) is 5.79. The Morgan fingerprint density at radius 3 is 2.03 bits per heavy atom. The molecule has 3 rings (SSSR count). The van der Waals surface area contributed by atoms with Crippen molar-refractivity contribution in [3.05, 3.63) is 77.9 Å². The summed E-state index contributed by atoms with van der Waals surface area (Å²) in [5.74, 6) is 0.903. The minimum Gasteiger partial charge on any atom is -0.497 e. The van der Waals surface area contributed by atoms with E-state index < -0.39 is 16.1 Å². The summed E-state index contributed by atoms with van der Waals surface area (Å²) in [5, 5.41) is 2.74. The van der Waals surface area contributed by atoms with Crippen LogP contribution >= 0.6 is 0 Å². The molecule has 7 nitrogen and oxygen atoms in total. The lowest BCUT2D eigenvalue weighted by molar-refractivity contribution is -0.122. The number of sulfonamides is 1. The van der Waals surface area contributed by atoms with Crippen LogP contribution in [-0.4, -0.2) is 27.5 Å². The molecule has 0 aliphatic heterocycles. The number of carbonyl (C=O) groups is 1. The smallest absolute Gasteiger partial charge is 0.265 e. The van der Waals surface area contributed by atoms with Crippen molar-refractivity contribution in [1.29, 1.82) is 0 Å². The lowest BCUT2D eigenvalue weighted by atomic mass is 10.1. The molecule has 32 heavy (non-hydrogen) atoms. The molecule has 3 aromatic carbocycles. The van der Waals surface area contributed by atoms with Gasteiger partial charge in [-0.15, -0.1) is 0 Å². The van der Waals surface area contributed by atoms with E-state index in [1.54, 1.807) is 31.2 Å². The molecule has 0 aromatic heterocycles. The number of amides is 1. The first-order chi connectivity index (χ1) is 15.2. The number of rotatable bonds is 8. The quantitative estimate of drug-likeness (QED) is 0.522. The molecule has 0 aliphatic carbocycles. The van der Waals surface area contributed by atoms with Gasteiger partial charge in [0.05, 0.1) is 12.0 Å². The van der Waals surface area contributed by atoms with E-state index in [1.807, 2.05) is 32.0 Å². The maximum Gasteiger partial charge on any atom is 0.265 e. The van der Waals surface area contributed by atoms with E-state index in [0.29, 0.717) is 22.9 Å². The minimum atomic E-state index is -3.77. The number of aryl methyl sites for hydroxylation is 2. The highest BCUT2D eigenvalue weighted by Gasteiger charge is 2.17. The van der Waals surface area contributed by atoms with Crippen molar-refractivity contribution in [1.82, 2.24) is 0 Å². The molecule has 0 radical (unpaired) electrons. The monoisotopic (exact) mass is 454 g/mol. The summed E-state index contributed by atoms with van der Waals surface area (Å²) in [7, 11) is -2.23. The Balaban J connectivity index is 1.62. The highest BCUT2D eigenvalue weighted by molar-refractivity contribution is 7.92. The van der Waals surface area contributed by atoms with Crippen LogP contribution < -0.4 is 19.5 Å². The molecule has 0 fully saturated rings. The Bertz CT molecular complexity index is 1190. The van der Waals surface area contributed by atoms with Gasteiger partial charge in [-0.2, -0.15) is 0 Å². The van der Waals surface area contributed by atoms with E-state index in [4.69, 9.17) is 9.47 Å². The van der Waals surface area contributed by atoms with Crippen molar-refractivity contribution in [3.63, 3.8) is 0 Å². The van der Waals surface area contributed by atoms with Crippen molar-refractivity contribution >= 4 is 27.3 Å². The molecule has 0 bridgehead atoms. The highest BCUT2D eigenvalue weighted by atomic mass is 32.2. The second-order valence-corrected chi connectivity index (χ2v) is 9.04. The van der Waals surface area contributed by atoms with E-state index >= 15 is 0 Å². The molecule has 1 amide bonds. The van der Waals surface area contributed by atoms with Gasteiger partial charge in [0.15, 0.2) is 6.10 Å². The van der Waals surface area contributed by atoms with E-state index in [1.165, 1.54) is 31.4 Å². The van der Waals surface area contributed by atoms with Crippen LogP contribution in [-0.2, 0) is 14.8 Å². The lowest BCUT2D eigenvalue weighted by Crippen LogP contribution is -2.30. The van der Waals surface area contributed by atoms with Gasteiger partial charge in [-0.1, -0.05) is 6.07 Å². The summed E-state index contributed by atoms with van der Waals surface area (Å²) in [5.41, 5.74) is 3.11. The minimum absolute atomic E-state index is 0.0748. The lowest BCUT2D eigenvalue weighted by Gasteiger charge is -2.16. The van der Waals surface area contributed by atoms with Gasteiger partial charge in [0.1, 0.15) is 11.5 Å². The number of carbonyl (C=O) groups excluding carboxylic acids is 1. The average molecular weight is 455 g/mol. The Morgan fingerprint density at radius 1 is 0.844 bits per heavy atom. The second kappa shape index (κ2) is 9.74. The number of benzene rings is 3. The van der Waals surface area contributed by atoms with Crippen LogP contribution in [0.15, 0.2) is 71.6 Å². The summed E-state index contributed by atoms with van der Waals surface area (Å²) < 4.78 is 38.5. The standard InChI is InChI=1S/C24H26N2O5S/c1-16-5-10-22(15-17(16)2)31-18(3)24(27)25-19-8-13-23(14-9-19)32(28,29)26-20-6-11-21(30-4)12-7-20/h5-15,18,26H,1-4H3,(H,25,27)/t18-/m1/s1. The van der Waals surface area contributed by atoms with E-state index in [2.05, 4.69) is 10.0 Å². The topological polar surface area (TPSA) is 93.7 Å². The fourth-order valence-electron chi connectivity index (χ4n) is 2.88. The van der Waals surface area contributed by atoms with Crippen molar-refractivity contribution in [2.75, 3.05) is 17.1 Å². The number of hydrogen-bond acceptors (Lipinski definition) is 5. The predicted octanol–water partition coefficient (Wildman–Crippen LogP) is 4.52. The SMILES string of the molecule is COc1ccc(NS(=O)(=O)c2ccc(NC(=O)[C@@H](C)Oc3ccc(C)c(C)c3)cc2)cc1. The largest absolute Gasteiger partial charge is 0.497 e. The van der Waals surface area contributed by atoms with Gasteiger partial charge in [0, 0.05) is 11.4 Å². The number of methoxy groups -OCH3 is 1. The Kier molecular flexibility index (Phi) is 7.05. The molecular formula is C24H26N2O5S. The zero-order chi connectivity index (χ0) is 23.3. The molecule has 0 heterocycles. The zero-order valence-electron chi connectivity index (χ0n) is 18.4. The predicted molar refractivity (Wildman–Crippen MR) is 125 cm³/mol. The highest BCUT2D eigenvalue weighted by Crippen LogP contribution is 2.21. The summed E-state index contributed by atoms with van der Waals surface area (Å²) >= 11 is 0. The van der Waals surface area contributed by atoms with Gasteiger partial charge in [-0.25, -0.2) is 8.42 Å². The molecule has 0 unspecified atom stereocenters. The first-order valence-corrected chi connectivity index (χ1v) is 11.5. The Labute approximate surface area is 188 Å². The molecule has 8 heteroatoms.